The van der Waals surface area contributed by atoms with Crippen LogP contribution < -0.4 is 5.32 Å². The molecular formula is C17H34N4O2. The Morgan fingerprint density at radius 1 is 1.13 bits per heavy atom. The number of hydrogen-bond donors (Lipinski definition) is 1. The Kier molecular flexibility index (Phi) is 8.30. The van der Waals surface area contributed by atoms with Crippen LogP contribution in [0, 0.1) is 0 Å². The Labute approximate surface area is 141 Å². The molecule has 0 aromatic carbocycles. The molecule has 134 valence electrons. The van der Waals surface area contributed by atoms with Crippen molar-refractivity contribution in [3.05, 3.63) is 0 Å². The molecular weight excluding hydrogens is 292 g/mol. The van der Waals surface area contributed by atoms with E-state index in [1.807, 2.05) is 0 Å². The molecule has 1 amide bonds. The maximum Gasteiger partial charge on any atom is 0.234 e. The number of piperidine rings is 1. The first-order chi connectivity index (χ1) is 11.2. The number of nitrogens with zero attached hydrogens (tertiary/aromatic N) is 3. The fourth-order valence-electron chi connectivity index (χ4n) is 3.51. The highest BCUT2D eigenvalue weighted by atomic mass is 16.5. The van der Waals surface area contributed by atoms with E-state index in [4.69, 9.17) is 4.74 Å². The third kappa shape index (κ3) is 6.75. The topological polar surface area (TPSA) is 48.1 Å². The van der Waals surface area contributed by atoms with Gasteiger partial charge in [0.15, 0.2) is 0 Å². The molecule has 2 aliphatic heterocycles. The number of carbonyl (C=O) groups is 1. The number of carbonyl (C=O) groups excluding carboxylic acids is 1. The van der Waals surface area contributed by atoms with Gasteiger partial charge in [0.05, 0.1) is 6.54 Å². The third-order valence-electron chi connectivity index (χ3n) is 5.07. The lowest BCUT2D eigenvalue weighted by atomic mass is 10.0. The van der Waals surface area contributed by atoms with E-state index in [2.05, 4.69) is 27.1 Å². The monoisotopic (exact) mass is 326 g/mol. The van der Waals surface area contributed by atoms with Crippen LogP contribution in [0.15, 0.2) is 0 Å². The lowest BCUT2D eigenvalue weighted by molar-refractivity contribution is -0.122. The molecule has 2 aliphatic rings. The minimum atomic E-state index is 0.140. The Morgan fingerprint density at radius 2 is 1.87 bits per heavy atom. The Hall–Kier alpha value is -0.690. The molecule has 2 saturated heterocycles. The van der Waals surface area contributed by atoms with Gasteiger partial charge in [0.1, 0.15) is 0 Å². The lowest BCUT2D eigenvalue weighted by Gasteiger charge is -2.40. The van der Waals surface area contributed by atoms with Crippen molar-refractivity contribution in [2.24, 2.45) is 0 Å². The van der Waals surface area contributed by atoms with Gasteiger partial charge in [-0.15, -0.1) is 0 Å². The second-order valence-electron chi connectivity index (χ2n) is 6.90. The fraction of sp³-hybridized carbons (Fsp3) is 0.941. The predicted molar refractivity (Wildman–Crippen MR) is 92.7 cm³/mol. The average molecular weight is 326 g/mol. The predicted octanol–water partition coefficient (Wildman–Crippen LogP) is 0.241. The van der Waals surface area contributed by atoms with Gasteiger partial charge in [0.2, 0.25) is 5.91 Å². The Bertz CT molecular complexity index is 345. The van der Waals surface area contributed by atoms with Gasteiger partial charge in [-0.2, -0.15) is 0 Å². The third-order valence-corrected chi connectivity index (χ3v) is 5.07. The Morgan fingerprint density at radius 3 is 2.57 bits per heavy atom. The summed E-state index contributed by atoms with van der Waals surface area (Å²) in [6.45, 7) is 8.55. The van der Waals surface area contributed by atoms with Crippen LogP contribution in [-0.2, 0) is 9.53 Å². The van der Waals surface area contributed by atoms with Gasteiger partial charge < -0.3 is 15.0 Å². The number of piperazine rings is 1. The van der Waals surface area contributed by atoms with Crippen molar-refractivity contribution in [2.45, 2.75) is 31.7 Å². The fourth-order valence-corrected chi connectivity index (χ4v) is 3.51. The van der Waals surface area contributed by atoms with Gasteiger partial charge in [-0.25, -0.2) is 0 Å². The van der Waals surface area contributed by atoms with Crippen LogP contribution in [0.25, 0.3) is 0 Å². The molecule has 2 rings (SSSR count). The van der Waals surface area contributed by atoms with Gasteiger partial charge in [-0.1, -0.05) is 6.42 Å². The average Bonchev–Trinajstić information content (AvgIpc) is 2.55. The highest BCUT2D eigenvalue weighted by Crippen LogP contribution is 2.16. The summed E-state index contributed by atoms with van der Waals surface area (Å²) in [4.78, 5) is 19.3. The molecule has 0 spiro atoms. The van der Waals surface area contributed by atoms with Crippen molar-refractivity contribution in [2.75, 3.05) is 73.1 Å². The zero-order chi connectivity index (χ0) is 16.5. The molecule has 0 saturated carbocycles. The van der Waals surface area contributed by atoms with E-state index in [1.165, 1.54) is 32.4 Å². The maximum absolute atomic E-state index is 11.9. The molecule has 1 N–H and O–H groups in total. The quantitative estimate of drug-likeness (QED) is 0.648. The van der Waals surface area contributed by atoms with Crippen LogP contribution in [0.4, 0.5) is 0 Å². The minimum Gasteiger partial charge on any atom is -0.385 e. The summed E-state index contributed by atoms with van der Waals surface area (Å²) in [5.41, 5.74) is 0. The molecule has 2 heterocycles. The van der Waals surface area contributed by atoms with E-state index < -0.39 is 0 Å². The summed E-state index contributed by atoms with van der Waals surface area (Å²) in [7, 11) is 3.94. The van der Waals surface area contributed by atoms with Crippen molar-refractivity contribution in [3.8, 4) is 0 Å². The SMILES string of the molecule is COCCCNC(=O)CN1CCN(CC2CCCCN2C)CC1. The second kappa shape index (κ2) is 10.2. The van der Waals surface area contributed by atoms with Crippen LogP contribution in [0.3, 0.4) is 0 Å². The first-order valence-electron chi connectivity index (χ1n) is 9.09. The van der Waals surface area contributed by atoms with Crippen LogP contribution >= 0.6 is 0 Å². The number of methoxy groups -OCH3 is 1. The van der Waals surface area contributed by atoms with E-state index in [-0.39, 0.29) is 5.91 Å². The molecule has 1 unspecified atom stereocenters. The van der Waals surface area contributed by atoms with Crippen molar-refractivity contribution in [3.63, 3.8) is 0 Å². The summed E-state index contributed by atoms with van der Waals surface area (Å²) in [5.74, 6) is 0.140. The molecule has 0 radical (unpaired) electrons. The van der Waals surface area contributed by atoms with E-state index in [1.54, 1.807) is 7.11 Å². The number of rotatable bonds is 8. The molecule has 6 heteroatoms. The van der Waals surface area contributed by atoms with Crippen LogP contribution in [0.2, 0.25) is 0 Å². The Balaban J connectivity index is 1.59. The molecule has 23 heavy (non-hydrogen) atoms. The smallest absolute Gasteiger partial charge is 0.234 e. The number of ether oxygens (including phenoxy) is 1. The van der Waals surface area contributed by atoms with Gasteiger partial charge in [0, 0.05) is 59.0 Å². The van der Waals surface area contributed by atoms with Crippen molar-refractivity contribution < 1.29 is 9.53 Å². The molecule has 0 aliphatic carbocycles. The van der Waals surface area contributed by atoms with Gasteiger partial charge >= 0.3 is 0 Å². The van der Waals surface area contributed by atoms with Gasteiger partial charge in [0.25, 0.3) is 0 Å². The van der Waals surface area contributed by atoms with Crippen molar-refractivity contribution in [1.82, 2.24) is 20.0 Å². The van der Waals surface area contributed by atoms with E-state index in [0.29, 0.717) is 19.7 Å². The molecule has 0 aromatic heterocycles. The summed E-state index contributed by atoms with van der Waals surface area (Å²) in [5, 5.41) is 2.97. The number of amides is 1. The van der Waals surface area contributed by atoms with E-state index in [9.17, 15) is 4.79 Å². The molecule has 0 bridgehead atoms. The minimum absolute atomic E-state index is 0.140. The van der Waals surface area contributed by atoms with Crippen molar-refractivity contribution in [1.29, 1.82) is 0 Å². The first-order valence-corrected chi connectivity index (χ1v) is 9.09. The van der Waals surface area contributed by atoms with Crippen LogP contribution in [0.5, 0.6) is 0 Å². The number of likely N-dealkylation sites (tertiary alicyclic amines) is 1. The molecule has 0 aromatic rings. The second-order valence-corrected chi connectivity index (χ2v) is 6.90. The molecule has 1 atom stereocenters. The lowest BCUT2D eigenvalue weighted by Crippen LogP contribution is -2.53. The highest BCUT2D eigenvalue weighted by Gasteiger charge is 2.24. The standard InChI is InChI=1S/C17H34N4O2/c1-19-8-4-3-6-16(19)14-20-9-11-21(12-10-20)15-17(22)18-7-5-13-23-2/h16H,3-15H2,1-2H3,(H,18,22). The summed E-state index contributed by atoms with van der Waals surface area (Å²) in [6.07, 6.45) is 4.93. The normalized spacial score (nSPS) is 24.7. The van der Waals surface area contributed by atoms with Crippen molar-refractivity contribution >= 4 is 5.91 Å². The highest BCUT2D eigenvalue weighted by molar-refractivity contribution is 5.77. The number of nitrogens with one attached hydrogen (secondary N) is 1. The molecule has 2 fully saturated rings. The summed E-state index contributed by atoms with van der Waals surface area (Å²) >= 11 is 0. The summed E-state index contributed by atoms with van der Waals surface area (Å²) in [6, 6.07) is 0.722. The maximum atomic E-state index is 11.9. The number of likely N-dealkylation sites (N-methyl/N-ethyl adjacent to an activating group) is 1. The van der Waals surface area contributed by atoms with Gasteiger partial charge in [-0.3, -0.25) is 14.6 Å². The van der Waals surface area contributed by atoms with E-state index >= 15 is 0 Å². The van der Waals surface area contributed by atoms with Crippen LogP contribution in [0.1, 0.15) is 25.7 Å². The first kappa shape index (κ1) is 18.6. The molecule has 6 nitrogen and oxygen atoms in total. The van der Waals surface area contributed by atoms with E-state index in [0.717, 1.165) is 38.6 Å². The largest absolute Gasteiger partial charge is 0.385 e. The zero-order valence-electron chi connectivity index (χ0n) is 14.9. The van der Waals surface area contributed by atoms with Gasteiger partial charge in [-0.05, 0) is 32.9 Å². The zero-order valence-corrected chi connectivity index (χ0v) is 14.9. The number of hydrogen-bond acceptors (Lipinski definition) is 5. The summed E-state index contributed by atoms with van der Waals surface area (Å²) < 4.78 is 4.98. The van der Waals surface area contributed by atoms with Crippen LogP contribution in [-0.4, -0.2) is 99.8 Å².